The first-order valence-electron chi connectivity index (χ1n) is 8.24. The van der Waals surface area contributed by atoms with Crippen LogP contribution in [0.15, 0.2) is 18.2 Å². The number of hydrogen-bond acceptors (Lipinski definition) is 6. The predicted molar refractivity (Wildman–Crippen MR) is 98.4 cm³/mol. The van der Waals surface area contributed by atoms with Crippen LogP contribution in [0.25, 0.3) is 4.96 Å². The number of rotatable bonds is 2. The number of nitrogens with one attached hydrogen (secondary N) is 1. The lowest BCUT2D eigenvalue weighted by Gasteiger charge is -2.31. The third-order valence-electron chi connectivity index (χ3n) is 4.39. The lowest BCUT2D eigenvalue weighted by atomic mass is 9.92. The number of fused-ring (bicyclic) bond motifs is 2. The van der Waals surface area contributed by atoms with Crippen molar-refractivity contribution >= 4 is 33.9 Å². The second kappa shape index (κ2) is 5.63. The molecule has 3 aromatic rings. The highest BCUT2D eigenvalue weighted by Gasteiger charge is 2.32. The van der Waals surface area contributed by atoms with Crippen molar-refractivity contribution in [1.82, 2.24) is 14.6 Å². The monoisotopic (exact) mass is 370 g/mol. The van der Waals surface area contributed by atoms with E-state index in [1.54, 1.807) is 22.7 Å². The molecule has 0 fully saturated rings. The van der Waals surface area contributed by atoms with E-state index in [9.17, 15) is 9.59 Å². The molecule has 1 N–H and O–H groups in total. The summed E-state index contributed by atoms with van der Waals surface area (Å²) in [6, 6.07) is 4.86. The minimum atomic E-state index is -0.532. The minimum absolute atomic E-state index is 0.0300. The van der Waals surface area contributed by atoms with Gasteiger partial charge in [0.2, 0.25) is 4.96 Å². The number of carbonyl (C=O) groups is 2. The first kappa shape index (κ1) is 16.7. The number of benzene rings is 1. The predicted octanol–water partition coefficient (Wildman–Crippen LogP) is 3.40. The fourth-order valence-corrected chi connectivity index (χ4v) is 3.87. The van der Waals surface area contributed by atoms with Crippen molar-refractivity contribution in [1.29, 1.82) is 0 Å². The molecule has 1 amide bonds. The molecular formula is C18H18N4O3S. The molecular weight excluding hydrogens is 352 g/mol. The van der Waals surface area contributed by atoms with Gasteiger partial charge in [-0.25, -0.2) is 4.52 Å². The molecule has 0 bridgehead atoms. The highest BCUT2D eigenvalue weighted by molar-refractivity contribution is 7.17. The number of ether oxygens (including phenoxy) is 1. The second-order valence-electron chi connectivity index (χ2n) is 7.00. The van der Waals surface area contributed by atoms with Crippen molar-refractivity contribution in [2.75, 3.05) is 5.32 Å². The number of nitrogens with zero attached hydrogens (tertiary/aromatic N) is 3. The summed E-state index contributed by atoms with van der Waals surface area (Å²) in [6.07, 6.45) is 0.280. The summed E-state index contributed by atoms with van der Waals surface area (Å²) in [4.78, 5) is 31.1. The van der Waals surface area contributed by atoms with Gasteiger partial charge in [-0.05, 0) is 45.9 Å². The maximum atomic E-state index is 12.5. The number of ketones is 1. The van der Waals surface area contributed by atoms with Gasteiger partial charge in [0.05, 0.1) is 17.7 Å². The summed E-state index contributed by atoms with van der Waals surface area (Å²) < 4.78 is 7.53. The van der Waals surface area contributed by atoms with E-state index in [-0.39, 0.29) is 24.1 Å². The molecule has 0 unspecified atom stereocenters. The van der Waals surface area contributed by atoms with E-state index in [2.05, 4.69) is 15.4 Å². The summed E-state index contributed by atoms with van der Waals surface area (Å²) in [5.41, 5.74) is 1.27. The van der Waals surface area contributed by atoms with Gasteiger partial charge in [0.25, 0.3) is 11.9 Å². The van der Waals surface area contributed by atoms with Gasteiger partial charge in [0, 0.05) is 10.4 Å². The zero-order valence-corrected chi connectivity index (χ0v) is 15.7. The van der Waals surface area contributed by atoms with Crippen LogP contribution in [0.5, 0.6) is 5.75 Å². The second-order valence-corrected chi connectivity index (χ2v) is 8.18. The molecule has 1 aliphatic heterocycles. The molecule has 0 spiro atoms. The summed E-state index contributed by atoms with van der Waals surface area (Å²) in [6.45, 7) is 7.69. The van der Waals surface area contributed by atoms with E-state index >= 15 is 0 Å². The molecule has 1 aliphatic rings. The number of aryl methyl sites for hydroxylation is 2. The Labute approximate surface area is 154 Å². The highest BCUT2D eigenvalue weighted by Crippen LogP contribution is 2.33. The zero-order valence-electron chi connectivity index (χ0n) is 14.9. The third kappa shape index (κ3) is 2.76. The van der Waals surface area contributed by atoms with Crippen molar-refractivity contribution in [3.05, 3.63) is 39.9 Å². The van der Waals surface area contributed by atoms with Crippen molar-refractivity contribution in [3.63, 3.8) is 0 Å². The third-order valence-corrected chi connectivity index (χ3v) is 5.44. The van der Waals surface area contributed by atoms with Crippen LogP contribution in [0.4, 0.5) is 5.95 Å². The van der Waals surface area contributed by atoms with E-state index in [0.717, 1.165) is 15.5 Å². The quantitative estimate of drug-likeness (QED) is 0.747. The largest absolute Gasteiger partial charge is 0.487 e. The molecule has 0 aliphatic carbocycles. The normalized spacial score (nSPS) is 15.6. The molecule has 4 rings (SSSR count). The Morgan fingerprint density at radius 3 is 2.85 bits per heavy atom. The fourth-order valence-electron chi connectivity index (χ4n) is 2.96. The lowest BCUT2D eigenvalue weighted by molar-refractivity contribution is 0.0620. The van der Waals surface area contributed by atoms with Crippen LogP contribution in [0, 0.1) is 13.8 Å². The van der Waals surface area contributed by atoms with Crippen LogP contribution in [0.2, 0.25) is 0 Å². The average Bonchev–Trinajstić information content (AvgIpc) is 3.05. The average molecular weight is 370 g/mol. The number of thiazole rings is 1. The number of amides is 1. The van der Waals surface area contributed by atoms with E-state index < -0.39 is 5.60 Å². The van der Waals surface area contributed by atoms with E-state index in [1.807, 2.05) is 27.7 Å². The molecule has 0 saturated carbocycles. The molecule has 8 heteroatoms. The van der Waals surface area contributed by atoms with Gasteiger partial charge in [-0.3, -0.25) is 14.9 Å². The van der Waals surface area contributed by atoms with Gasteiger partial charge >= 0.3 is 0 Å². The van der Waals surface area contributed by atoms with Crippen LogP contribution in [-0.2, 0) is 0 Å². The van der Waals surface area contributed by atoms with Crippen molar-refractivity contribution in [2.24, 2.45) is 0 Å². The Morgan fingerprint density at radius 2 is 2.12 bits per heavy atom. The number of carbonyl (C=O) groups excluding carboxylic acids is 2. The maximum Gasteiger partial charge on any atom is 0.258 e. The Bertz CT molecular complexity index is 1060. The highest BCUT2D eigenvalue weighted by atomic mass is 32.1. The van der Waals surface area contributed by atoms with Gasteiger partial charge < -0.3 is 4.74 Å². The van der Waals surface area contributed by atoms with Crippen molar-refractivity contribution < 1.29 is 14.3 Å². The molecule has 26 heavy (non-hydrogen) atoms. The van der Waals surface area contributed by atoms with Crippen molar-refractivity contribution in [3.8, 4) is 5.75 Å². The maximum absolute atomic E-state index is 12.5. The van der Waals surface area contributed by atoms with Crippen LogP contribution in [0.1, 0.15) is 51.6 Å². The number of hydrogen-bond donors (Lipinski definition) is 1. The molecule has 1 aromatic carbocycles. The van der Waals surface area contributed by atoms with E-state index in [0.29, 0.717) is 16.9 Å². The van der Waals surface area contributed by atoms with Gasteiger partial charge in [0.1, 0.15) is 11.4 Å². The summed E-state index contributed by atoms with van der Waals surface area (Å²) in [7, 11) is 0. The molecule has 3 heterocycles. The molecule has 0 atom stereocenters. The van der Waals surface area contributed by atoms with Crippen LogP contribution < -0.4 is 10.1 Å². The van der Waals surface area contributed by atoms with Gasteiger partial charge in [-0.1, -0.05) is 11.3 Å². The molecule has 134 valence electrons. The lowest BCUT2D eigenvalue weighted by Crippen LogP contribution is -2.36. The van der Waals surface area contributed by atoms with E-state index in [1.165, 1.54) is 11.3 Å². The zero-order chi connectivity index (χ0) is 18.6. The van der Waals surface area contributed by atoms with Gasteiger partial charge in [-0.15, -0.1) is 5.10 Å². The topological polar surface area (TPSA) is 85.6 Å². The SMILES string of the molecule is Cc1sc2nc(NC(=O)c3ccc4c(c3)C(=O)CC(C)(C)O4)nn2c1C. The van der Waals surface area contributed by atoms with Crippen LogP contribution >= 0.6 is 11.3 Å². The van der Waals surface area contributed by atoms with Gasteiger partial charge in [0.15, 0.2) is 5.78 Å². The fraction of sp³-hybridized carbons (Fsp3) is 0.333. The Balaban J connectivity index is 1.60. The molecule has 0 saturated heterocycles. The molecule has 7 nitrogen and oxygen atoms in total. The smallest absolute Gasteiger partial charge is 0.258 e. The van der Waals surface area contributed by atoms with Crippen LogP contribution in [0.3, 0.4) is 0 Å². The first-order valence-corrected chi connectivity index (χ1v) is 9.05. The Kier molecular flexibility index (Phi) is 3.62. The number of aromatic nitrogens is 3. The summed E-state index contributed by atoms with van der Waals surface area (Å²) >= 11 is 1.52. The number of Topliss-reactive ketones (excluding diaryl/α,β-unsaturated/α-hetero) is 1. The van der Waals surface area contributed by atoms with Gasteiger partial charge in [-0.2, -0.15) is 4.98 Å². The van der Waals surface area contributed by atoms with Crippen molar-refractivity contribution in [2.45, 2.75) is 39.7 Å². The number of anilines is 1. The Hall–Kier alpha value is -2.74. The standard InChI is InChI=1S/C18H18N4O3S/c1-9-10(2)26-17-20-16(21-22(9)17)19-15(24)11-5-6-14-12(7-11)13(23)8-18(3,4)25-14/h5-7H,8H2,1-4H3,(H,19,21,24). The van der Waals surface area contributed by atoms with E-state index in [4.69, 9.17) is 4.74 Å². The van der Waals surface area contributed by atoms with Crippen LogP contribution in [-0.4, -0.2) is 31.9 Å². The Morgan fingerprint density at radius 1 is 1.35 bits per heavy atom. The molecule has 0 radical (unpaired) electrons. The molecule has 2 aromatic heterocycles. The summed E-state index contributed by atoms with van der Waals surface area (Å²) in [5.74, 6) is 0.357. The first-order chi connectivity index (χ1) is 12.2. The minimum Gasteiger partial charge on any atom is -0.487 e. The summed E-state index contributed by atoms with van der Waals surface area (Å²) in [5, 5.41) is 7.00.